The minimum Gasteiger partial charge on any atom is -0.436 e. The number of carbonyl (C=O) groups is 1. The van der Waals surface area contributed by atoms with Crippen molar-refractivity contribution < 1.29 is 14.3 Å². The molecule has 70 valence electrons. The highest BCUT2D eigenvalue weighted by Gasteiger charge is 2.37. The van der Waals surface area contributed by atoms with Crippen LogP contribution in [0.15, 0.2) is 0 Å². The number of rotatable bonds is 0. The van der Waals surface area contributed by atoms with Crippen LogP contribution in [0.5, 0.6) is 0 Å². The van der Waals surface area contributed by atoms with E-state index in [1.54, 1.807) is 6.92 Å². The summed E-state index contributed by atoms with van der Waals surface area (Å²) in [6, 6.07) is 0. The molecule has 1 aliphatic rings. The van der Waals surface area contributed by atoms with Crippen molar-refractivity contribution in [3.05, 3.63) is 0 Å². The van der Waals surface area contributed by atoms with Gasteiger partial charge in [0.15, 0.2) is 6.29 Å². The van der Waals surface area contributed by atoms with E-state index in [-0.39, 0.29) is 23.6 Å². The summed E-state index contributed by atoms with van der Waals surface area (Å²) in [4.78, 5) is 11.3. The third-order valence-electron chi connectivity index (χ3n) is 2.11. The van der Waals surface area contributed by atoms with E-state index in [0.717, 1.165) is 0 Å². The SMILES string of the molecule is CC1OCC(C(C)(C)C)C(=O)O1. The average molecular weight is 172 g/mol. The molecule has 0 spiro atoms. The molecule has 1 rings (SSSR count). The third-order valence-corrected chi connectivity index (χ3v) is 2.11. The Morgan fingerprint density at radius 3 is 2.42 bits per heavy atom. The molecule has 0 aromatic carbocycles. The highest BCUT2D eigenvalue weighted by molar-refractivity contribution is 5.74. The minimum absolute atomic E-state index is 0.0722. The lowest BCUT2D eigenvalue weighted by atomic mass is 9.81. The van der Waals surface area contributed by atoms with Crippen molar-refractivity contribution in [1.82, 2.24) is 0 Å². The van der Waals surface area contributed by atoms with E-state index in [1.165, 1.54) is 0 Å². The highest BCUT2D eigenvalue weighted by atomic mass is 16.7. The van der Waals surface area contributed by atoms with Crippen LogP contribution in [-0.2, 0) is 14.3 Å². The van der Waals surface area contributed by atoms with Crippen molar-refractivity contribution in [2.24, 2.45) is 11.3 Å². The van der Waals surface area contributed by atoms with Gasteiger partial charge in [0.2, 0.25) is 0 Å². The molecule has 12 heavy (non-hydrogen) atoms. The first-order valence-corrected chi connectivity index (χ1v) is 4.23. The van der Waals surface area contributed by atoms with Gasteiger partial charge in [0.05, 0.1) is 12.5 Å². The second-order valence-corrected chi connectivity index (χ2v) is 4.26. The van der Waals surface area contributed by atoms with Gasteiger partial charge >= 0.3 is 5.97 Å². The standard InChI is InChI=1S/C9H16O3/c1-6-11-5-7(8(10)12-6)9(2,3)4/h6-7H,5H2,1-4H3. The molecule has 0 aromatic rings. The Balaban J connectivity index is 2.63. The smallest absolute Gasteiger partial charge is 0.314 e. The van der Waals surface area contributed by atoms with Gasteiger partial charge in [-0.1, -0.05) is 20.8 Å². The van der Waals surface area contributed by atoms with Crippen LogP contribution in [0.25, 0.3) is 0 Å². The lowest BCUT2D eigenvalue weighted by molar-refractivity contribution is -0.212. The van der Waals surface area contributed by atoms with Crippen molar-refractivity contribution in [3.8, 4) is 0 Å². The summed E-state index contributed by atoms with van der Waals surface area (Å²) in [5.41, 5.74) is -0.0722. The van der Waals surface area contributed by atoms with Crippen molar-refractivity contribution in [2.45, 2.75) is 34.0 Å². The molecule has 0 aromatic heterocycles. The Morgan fingerprint density at radius 1 is 1.42 bits per heavy atom. The maximum absolute atomic E-state index is 11.3. The van der Waals surface area contributed by atoms with E-state index >= 15 is 0 Å². The number of esters is 1. The van der Waals surface area contributed by atoms with Gasteiger partial charge in [-0.15, -0.1) is 0 Å². The highest BCUT2D eigenvalue weighted by Crippen LogP contribution is 2.30. The van der Waals surface area contributed by atoms with Crippen molar-refractivity contribution in [3.63, 3.8) is 0 Å². The number of cyclic esters (lactones) is 1. The summed E-state index contributed by atoms with van der Waals surface area (Å²) >= 11 is 0. The van der Waals surface area contributed by atoms with Crippen molar-refractivity contribution in [1.29, 1.82) is 0 Å². The molecule has 0 amide bonds. The zero-order chi connectivity index (χ0) is 9.35. The van der Waals surface area contributed by atoms with Crippen LogP contribution in [0.3, 0.4) is 0 Å². The lowest BCUT2D eigenvalue weighted by Gasteiger charge is -2.34. The molecule has 0 N–H and O–H groups in total. The summed E-state index contributed by atoms with van der Waals surface area (Å²) < 4.78 is 10.2. The van der Waals surface area contributed by atoms with Crippen LogP contribution in [0.1, 0.15) is 27.7 Å². The van der Waals surface area contributed by atoms with E-state index in [4.69, 9.17) is 9.47 Å². The van der Waals surface area contributed by atoms with Crippen molar-refractivity contribution in [2.75, 3.05) is 6.61 Å². The van der Waals surface area contributed by atoms with Crippen LogP contribution in [0.2, 0.25) is 0 Å². The summed E-state index contributed by atoms with van der Waals surface area (Å²) in [6.45, 7) is 8.25. The summed E-state index contributed by atoms with van der Waals surface area (Å²) in [5.74, 6) is -0.269. The molecule has 0 bridgehead atoms. The quantitative estimate of drug-likeness (QED) is 0.520. The van der Waals surface area contributed by atoms with Gasteiger partial charge in [0, 0.05) is 0 Å². The molecule has 3 heteroatoms. The largest absolute Gasteiger partial charge is 0.436 e. The van der Waals surface area contributed by atoms with E-state index in [2.05, 4.69) is 0 Å². The molecule has 0 saturated carbocycles. The van der Waals surface area contributed by atoms with Gasteiger partial charge in [-0.25, -0.2) is 0 Å². The van der Waals surface area contributed by atoms with Crippen LogP contribution in [-0.4, -0.2) is 18.9 Å². The number of hydrogen-bond acceptors (Lipinski definition) is 3. The first-order valence-electron chi connectivity index (χ1n) is 4.23. The van der Waals surface area contributed by atoms with E-state index in [9.17, 15) is 4.79 Å². The normalized spacial score (nSPS) is 31.5. The van der Waals surface area contributed by atoms with Crippen LogP contribution in [0.4, 0.5) is 0 Å². The van der Waals surface area contributed by atoms with Crippen LogP contribution >= 0.6 is 0 Å². The van der Waals surface area contributed by atoms with Gasteiger partial charge in [-0.3, -0.25) is 4.79 Å². The van der Waals surface area contributed by atoms with Gasteiger partial charge in [-0.05, 0) is 12.3 Å². The number of carbonyl (C=O) groups excluding carboxylic acids is 1. The first kappa shape index (κ1) is 9.52. The summed E-state index contributed by atoms with van der Waals surface area (Å²) in [5, 5.41) is 0. The fourth-order valence-electron chi connectivity index (χ4n) is 1.18. The Hall–Kier alpha value is -0.570. The second-order valence-electron chi connectivity index (χ2n) is 4.26. The summed E-state index contributed by atoms with van der Waals surface area (Å²) in [6.07, 6.45) is -0.379. The number of hydrogen-bond donors (Lipinski definition) is 0. The Kier molecular flexibility index (Phi) is 2.42. The van der Waals surface area contributed by atoms with E-state index < -0.39 is 0 Å². The van der Waals surface area contributed by atoms with Crippen LogP contribution < -0.4 is 0 Å². The fraction of sp³-hybridized carbons (Fsp3) is 0.889. The maximum atomic E-state index is 11.3. The topological polar surface area (TPSA) is 35.5 Å². The number of ether oxygens (including phenoxy) is 2. The molecule has 0 aliphatic carbocycles. The Morgan fingerprint density at radius 2 is 2.00 bits per heavy atom. The second kappa shape index (κ2) is 3.05. The zero-order valence-corrected chi connectivity index (χ0v) is 8.09. The monoisotopic (exact) mass is 172 g/mol. The van der Waals surface area contributed by atoms with Crippen molar-refractivity contribution >= 4 is 5.97 Å². The van der Waals surface area contributed by atoms with Gasteiger partial charge in [-0.2, -0.15) is 0 Å². The average Bonchev–Trinajstić information content (AvgIpc) is 1.83. The van der Waals surface area contributed by atoms with Crippen LogP contribution in [0, 0.1) is 11.3 Å². The van der Waals surface area contributed by atoms with E-state index in [1.807, 2.05) is 20.8 Å². The molecule has 1 fully saturated rings. The van der Waals surface area contributed by atoms with Gasteiger partial charge in [0.1, 0.15) is 0 Å². The molecule has 1 heterocycles. The van der Waals surface area contributed by atoms with Gasteiger partial charge < -0.3 is 9.47 Å². The molecular weight excluding hydrogens is 156 g/mol. The zero-order valence-electron chi connectivity index (χ0n) is 8.09. The predicted molar refractivity (Wildman–Crippen MR) is 44.5 cm³/mol. The summed E-state index contributed by atoms with van der Waals surface area (Å²) in [7, 11) is 0. The predicted octanol–water partition coefficient (Wildman–Crippen LogP) is 1.57. The van der Waals surface area contributed by atoms with E-state index in [0.29, 0.717) is 6.61 Å². The molecule has 1 saturated heterocycles. The minimum atomic E-state index is -0.379. The lowest BCUT2D eigenvalue weighted by Crippen LogP contribution is -2.41. The molecule has 2 atom stereocenters. The molecule has 1 aliphatic heterocycles. The van der Waals surface area contributed by atoms with Gasteiger partial charge in [0.25, 0.3) is 0 Å². The molecular formula is C9H16O3. The maximum Gasteiger partial charge on any atom is 0.314 e. The molecule has 3 nitrogen and oxygen atoms in total. The fourth-order valence-corrected chi connectivity index (χ4v) is 1.18. The third kappa shape index (κ3) is 1.97. The molecule has 0 radical (unpaired) electrons. The Bertz CT molecular complexity index is 181. The first-order chi connectivity index (χ1) is 5.41. The molecule has 2 unspecified atom stereocenters. The Labute approximate surface area is 73.0 Å².